The Morgan fingerprint density at radius 1 is 1.15 bits per heavy atom. The second kappa shape index (κ2) is 8.29. The molecule has 1 aromatic carbocycles. The van der Waals surface area contributed by atoms with Gasteiger partial charge in [0, 0.05) is 37.6 Å². The Kier molecular flexibility index (Phi) is 6.04. The maximum Gasteiger partial charge on any atom is 0.233 e. The van der Waals surface area contributed by atoms with Crippen molar-refractivity contribution in [3.63, 3.8) is 0 Å². The van der Waals surface area contributed by atoms with Crippen LogP contribution in [-0.2, 0) is 19.4 Å². The Bertz CT molecular complexity index is 786. The Morgan fingerprint density at radius 3 is 2.41 bits per heavy atom. The summed E-state index contributed by atoms with van der Waals surface area (Å²) < 4.78 is 23.1. The molecule has 1 atom stereocenters. The van der Waals surface area contributed by atoms with Gasteiger partial charge in [0.25, 0.3) is 0 Å². The normalized spacial score (nSPS) is 21.7. The van der Waals surface area contributed by atoms with Crippen molar-refractivity contribution in [2.45, 2.75) is 38.1 Å². The first-order chi connectivity index (χ1) is 12.8. The van der Waals surface area contributed by atoms with E-state index in [9.17, 15) is 18.0 Å². The number of nitrogens with zero attached hydrogens (tertiary/aromatic N) is 2. The van der Waals surface area contributed by atoms with Crippen LogP contribution in [0.1, 0.15) is 32.1 Å². The smallest absolute Gasteiger partial charge is 0.233 e. The topological polar surface area (TPSA) is 86.8 Å². The zero-order valence-corrected chi connectivity index (χ0v) is 16.5. The Morgan fingerprint density at radius 2 is 1.81 bits per heavy atom. The number of benzene rings is 1. The van der Waals surface area contributed by atoms with E-state index in [1.165, 1.54) is 24.2 Å². The van der Waals surface area contributed by atoms with Crippen LogP contribution in [0, 0.1) is 0 Å². The number of amides is 2. The standard InChI is InChI=1S/C19H27N3O4S/c1-21(17-9-12-27(25,26)14-17)19(24)13-18(23)20-15-5-7-16(8-6-15)22-10-3-2-4-11-22/h5-8,17H,2-4,9-14H2,1H3,(H,20,23). The van der Waals surface area contributed by atoms with Crippen molar-refractivity contribution in [3.05, 3.63) is 24.3 Å². The third kappa shape index (κ3) is 5.22. The van der Waals surface area contributed by atoms with Gasteiger partial charge in [0.15, 0.2) is 9.84 Å². The lowest BCUT2D eigenvalue weighted by Crippen LogP contribution is -2.39. The Balaban J connectivity index is 1.50. The summed E-state index contributed by atoms with van der Waals surface area (Å²) in [6, 6.07) is 7.33. The molecule has 2 aliphatic rings. The monoisotopic (exact) mass is 393 g/mol. The van der Waals surface area contributed by atoms with Crippen LogP contribution in [-0.4, -0.2) is 62.8 Å². The summed E-state index contributed by atoms with van der Waals surface area (Å²) in [4.78, 5) is 28.2. The highest BCUT2D eigenvalue weighted by Crippen LogP contribution is 2.22. The van der Waals surface area contributed by atoms with Crippen molar-refractivity contribution in [2.24, 2.45) is 0 Å². The number of rotatable bonds is 5. The minimum absolute atomic E-state index is 0.0190. The van der Waals surface area contributed by atoms with Gasteiger partial charge >= 0.3 is 0 Å². The molecule has 2 saturated heterocycles. The van der Waals surface area contributed by atoms with Crippen LogP contribution in [0.15, 0.2) is 24.3 Å². The molecule has 2 aliphatic heterocycles. The molecule has 148 valence electrons. The van der Waals surface area contributed by atoms with Crippen LogP contribution in [0.25, 0.3) is 0 Å². The van der Waals surface area contributed by atoms with E-state index in [1.54, 1.807) is 7.05 Å². The van der Waals surface area contributed by atoms with Crippen molar-refractivity contribution in [1.82, 2.24) is 4.90 Å². The highest BCUT2D eigenvalue weighted by Gasteiger charge is 2.33. The minimum atomic E-state index is -3.06. The van der Waals surface area contributed by atoms with Gasteiger partial charge < -0.3 is 15.1 Å². The quantitative estimate of drug-likeness (QED) is 0.769. The molecule has 0 radical (unpaired) electrons. The van der Waals surface area contributed by atoms with E-state index in [-0.39, 0.29) is 29.9 Å². The predicted molar refractivity (Wildman–Crippen MR) is 106 cm³/mol. The number of anilines is 2. The number of nitrogens with one attached hydrogen (secondary N) is 1. The summed E-state index contributed by atoms with van der Waals surface area (Å²) in [5.41, 5.74) is 1.80. The molecule has 2 amide bonds. The molecule has 2 fully saturated rings. The molecule has 7 nitrogen and oxygen atoms in total. The Labute approximate surface area is 160 Å². The van der Waals surface area contributed by atoms with E-state index in [0.717, 1.165) is 18.8 Å². The fourth-order valence-electron chi connectivity index (χ4n) is 3.66. The largest absolute Gasteiger partial charge is 0.372 e. The molecule has 0 saturated carbocycles. The fraction of sp³-hybridized carbons (Fsp3) is 0.579. The van der Waals surface area contributed by atoms with Crippen molar-refractivity contribution in [3.8, 4) is 0 Å². The van der Waals surface area contributed by atoms with Crippen molar-refractivity contribution in [2.75, 3.05) is 41.9 Å². The SMILES string of the molecule is CN(C(=O)CC(=O)Nc1ccc(N2CCCCC2)cc1)C1CCS(=O)(=O)C1. The van der Waals surface area contributed by atoms with Gasteiger partial charge in [0.2, 0.25) is 11.8 Å². The number of hydrogen-bond donors (Lipinski definition) is 1. The van der Waals surface area contributed by atoms with Gasteiger partial charge in [-0.05, 0) is 49.9 Å². The maximum atomic E-state index is 12.3. The molecule has 2 heterocycles. The number of sulfone groups is 1. The van der Waals surface area contributed by atoms with Crippen LogP contribution in [0.4, 0.5) is 11.4 Å². The lowest BCUT2D eigenvalue weighted by molar-refractivity contribution is -0.134. The van der Waals surface area contributed by atoms with Gasteiger partial charge in [0.05, 0.1) is 11.5 Å². The van der Waals surface area contributed by atoms with Crippen LogP contribution < -0.4 is 10.2 Å². The number of piperidine rings is 1. The predicted octanol–water partition coefficient (Wildman–Crippen LogP) is 1.65. The number of carbonyl (C=O) groups excluding carboxylic acids is 2. The third-order valence-corrected chi connectivity index (χ3v) is 7.08. The van der Waals surface area contributed by atoms with Crippen LogP contribution in [0.3, 0.4) is 0 Å². The third-order valence-electron chi connectivity index (χ3n) is 5.33. The van der Waals surface area contributed by atoms with E-state index in [4.69, 9.17) is 0 Å². The molecule has 3 rings (SSSR count). The molecule has 27 heavy (non-hydrogen) atoms. The van der Waals surface area contributed by atoms with Gasteiger partial charge in [-0.3, -0.25) is 9.59 Å². The molecule has 1 aromatic rings. The molecular formula is C19H27N3O4S. The van der Waals surface area contributed by atoms with Crippen LogP contribution in [0.2, 0.25) is 0 Å². The summed E-state index contributed by atoms with van der Waals surface area (Å²) >= 11 is 0. The lowest BCUT2D eigenvalue weighted by atomic mass is 10.1. The van der Waals surface area contributed by atoms with Gasteiger partial charge in [-0.2, -0.15) is 0 Å². The number of carbonyl (C=O) groups is 2. The second-order valence-corrected chi connectivity index (χ2v) is 9.61. The summed E-state index contributed by atoms with van der Waals surface area (Å²) in [5, 5.41) is 2.74. The van der Waals surface area contributed by atoms with Crippen LogP contribution in [0.5, 0.6) is 0 Å². The second-order valence-electron chi connectivity index (χ2n) is 7.38. The van der Waals surface area contributed by atoms with Gasteiger partial charge in [-0.1, -0.05) is 0 Å². The average molecular weight is 394 g/mol. The van der Waals surface area contributed by atoms with Gasteiger partial charge in [-0.15, -0.1) is 0 Å². The summed E-state index contributed by atoms with van der Waals surface area (Å²) in [7, 11) is -1.50. The highest BCUT2D eigenvalue weighted by molar-refractivity contribution is 7.91. The summed E-state index contributed by atoms with van der Waals surface area (Å²) in [6.45, 7) is 2.12. The van der Waals surface area contributed by atoms with Crippen molar-refractivity contribution >= 4 is 33.0 Å². The molecule has 0 spiro atoms. The van der Waals surface area contributed by atoms with Crippen molar-refractivity contribution in [1.29, 1.82) is 0 Å². The first-order valence-electron chi connectivity index (χ1n) is 9.45. The van der Waals surface area contributed by atoms with Crippen molar-refractivity contribution < 1.29 is 18.0 Å². The van der Waals surface area contributed by atoms with Gasteiger partial charge in [-0.25, -0.2) is 8.42 Å². The first-order valence-corrected chi connectivity index (χ1v) is 11.3. The van der Waals surface area contributed by atoms with Gasteiger partial charge in [0.1, 0.15) is 6.42 Å². The van der Waals surface area contributed by atoms with E-state index in [0.29, 0.717) is 12.1 Å². The van der Waals surface area contributed by atoms with E-state index < -0.39 is 15.7 Å². The average Bonchev–Trinajstić information content (AvgIpc) is 3.02. The molecular weight excluding hydrogens is 366 g/mol. The lowest BCUT2D eigenvalue weighted by Gasteiger charge is -2.28. The first kappa shape index (κ1) is 19.7. The van der Waals surface area contributed by atoms with E-state index in [1.807, 2.05) is 24.3 Å². The van der Waals surface area contributed by atoms with E-state index >= 15 is 0 Å². The van der Waals surface area contributed by atoms with E-state index in [2.05, 4.69) is 10.2 Å². The van der Waals surface area contributed by atoms with Crippen LogP contribution >= 0.6 is 0 Å². The fourth-order valence-corrected chi connectivity index (χ4v) is 5.43. The molecule has 0 bridgehead atoms. The molecule has 1 N–H and O–H groups in total. The minimum Gasteiger partial charge on any atom is -0.372 e. The molecule has 0 aliphatic carbocycles. The molecule has 0 aromatic heterocycles. The zero-order valence-electron chi connectivity index (χ0n) is 15.7. The molecule has 8 heteroatoms. The highest BCUT2D eigenvalue weighted by atomic mass is 32.2. The Hall–Kier alpha value is -2.09. The summed E-state index contributed by atoms with van der Waals surface area (Å²) in [5.74, 6) is -0.669. The maximum absolute atomic E-state index is 12.3. The number of hydrogen-bond acceptors (Lipinski definition) is 5. The zero-order chi connectivity index (χ0) is 19.4. The molecule has 1 unspecified atom stereocenters. The summed E-state index contributed by atoms with van der Waals surface area (Å²) in [6.07, 6.45) is 3.83.